The van der Waals surface area contributed by atoms with Crippen molar-refractivity contribution in [3.63, 3.8) is 0 Å². The first-order valence-corrected chi connectivity index (χ1v) is 7.38. The fourth-order valence-electron chi connectivity index (χ4n) is 3.25. The lowest BCUT2D eigenvalue weighted by Gasteiger charge is -2.27. The first-order chi connectivity index (χ1) is 9.58. The van der Waals surface area contributed by atoms with E-state index >= 15 is 0 Å². The van der Waals surface area contributed by atoms with E-state index < -0.39 is 0 Å². The lowest BCUT2D eigenvalue weighted by atomic mass is 9.83. The van der Waals surface area contributed by atoms with E-state index in [0.29, 0.717) is 12.0 Å². The third-order valence-corrected chi connectivity index (χ3v) is 4.62. The fourth-order valence-corrected chi connectivity index (χ4v) is 3.52. The maximum absolute atomic E-state index is 6.34. The van der Waals surface area contributed by atoms with Crippen molar-refractivity contribution >= 4 is 36.4 Å². The minimum Gasteiger partial charge on any atom is -0.304 e. The van der Waals surface area contributed by atoms with Gasteiger partial charge in [-0.1, -0.05) is 29.8 Å². The summed E-state index contributed by atoms with van der Waals surface area (Å²) in [4.78, 5) is 4.11. The summed E-state index contributed by atoms with van der Waals surface area (Å²) in [6.07, 6.45) is 4.79. The van der Waals surface area contributed by atoms with Crippen LogP contribution in [0.1, 0.15) is 43.4 Å². The molecule has 0 amide bonds. The molecule has 0 spiro atoms. The van der Waals surface area contributed by atoms with E-state index in [-0.39, 0.29) is 30.4 Å². The SMILES string of the molecule is CC1(C)NC(c2ccccc2Cl)CC1c1ccncc1.Cl.Cl. The number of nitrogens with one attached hydrogen (secondary N) is 1. The highest BCUT2D eigenvalue weighted by molar-refractivity contribution is 6.31. The minimum atomic E-state index is 0. The molecule has 0 radical (unpaired) electrons. The summed E-state index contributed by atoms with van der Waals surface area (Å²) < 4.78 is 0. The lowest BCUT2D eigenvalue weighted by Crippen LogP contribution is -2.37. The van der Waals surface area contributed by atoms with Gasteiger partial charge in [-0.2, -0.15) is 0 Å². The number of pyridine rings is 1. The number of hydrogen-bond donors (Lipinski definition) is 1. The second kappa shape index (κ2) is 7.65. The van der Waals surface area contributed by atoms with Gasteiger partial charge in [0.2, 0.25) is 0 Å². The molecule has 1 saturated heterocycles. The molecule has 0 aliphatic carbocycles. The van der Waals surface area contributed by atoms with Crippen LogP contribution >= 0.6 is 36.4 Å². The standard InChI is InChI=1S/C17H19ClN2.2ClH/c1-17(2)14(12-7-9-19-10-8-12)11-16(20-17)13-5-3-4-6-15(13)18;;/h3-10,14,16,20H,11H2,1-2H3;2*1H. The van der Waals surface area contributed by atoms with E-state index in [0.717, 1.165) is 11.4 Å². The van der Waals surface area contributed by atoms with Crippen LogP contribution in [0.5, 0.6) is 0 Å². The largest absolute Gasteiger partial charge is 0.304 e. The summed E-state index contributed by atoms with van der Waals surface area (Å²) in [5, 5.41) is 4.57. The number of halogens is 3. The van der Waals surface area contributed by atoms with Crippen LogP contribution in [-0.2, 0) is 0 Å². The van der Waals surface area contributed by atoms with Crippen molar-refractivity contribution in [1.82, 2.24) is 10.3 Å². The fraction of sp³-hybridized carbons (Fsp3) is 0.353. The Morgan fingerprint density at radius 1 is 1.09 bits per heavy atom. The van der Waals surface area contributed by atoms with Gasteiger partial charge in [0, 0.05) is 34.9 Å². The Hall–Kier alpha value is -0.800. The predicted molar refractivity (Wildman–Crippen MR) is 97.5 cm³/mol. The van der Waals surface area contributed by atoms with E-state index in [1.54, 1.807) is 0 Å². The van der Waals surface area contributed by atoms with Gasteiger partial charge in [-0.3, -0.25) is 4.98 Å². The van der Waals surface area contributed by atoms with Crippen molar-refractivity contribution in [3.8, 4) is 0 Å². The second-order valence-electron chi connectivity index (χ2n) is 6.01. The van der Waals surface area contributed by atoms with Crippen LogP contribution in [0, 0.1) is 0 Å². The van der Waals surface area contributed by atoms with E-state index in [1.807, 2.05) is 24.5 Å². The minimum absolute atomic E-state index is 0. The van der Waals surface area contributed by atoms with E-state index in [9.17, 15) is 0 Å². The lowest BCUT2D eigenvalue weighted by molar-refractivity contribution is 0.397. The van der Waals surface area contributed by atoms with Gasteiger partial charge in [-0.15, -0.1) is 24.8 Å². The predicted octanol–water partition coefficient (Wildman–Crippen LogP) is 5.18. The molecule has 2 unspecified atom stereocenters. The Bertz CT molecular complexity index is 602. The van der Waals surface area contributed by atoms with Crippen molar-refractivity contribution in [1.29, 1.82) is 0 Å². The van der Waals surface area contributed by atoms with Crippen molar-refractivity contribution < 1.29 is 0 Å². The quantitative estimate of drug-likeness (QED) is 0.799. The molecule has 1 N–H and O–H groups in total. The Morgan fingerprint density at radius 3 is 2.36 bits per heavy atom. The Balaban J connectivity index is 0.00000121. The van der Waals surface area contributed by atoms with Crippen LogP contribution in [0.4, 0.5) is 0 Å². The van der Waals surface area contributed by atoms with Crippen LogP contribution in [0.25, 0.3) is 0 Å². The Labute approximate surface area is 149 Å². The van der Waals surface area contributed by atoms with E-state index in [1.165, 1.54) is 11.1 Å². The summed E-state index contributed by atoms with van der Waals surface area (Å²) in [7, 11) is 0. The van der Waals surface area contributed by atoms with Gasteiger partial charge in [0.15, 0.2) is 0 Å². The zero-order valence-corrected chi connectivity index (χ0v) is 15.0. The van der Waals surface area contributed by atoms with Crippen LogP contribution < -0.4 is 5.32 Å². The molecule has 22 heavy (non-hydrogen) atoms. The highest BCUT2D eigenvalue weighted by atomic mass is 35.5. The highest BCUT2D eigenvalue weighted by Crippen LogP contribution is 2.44. The van der Waals surface area contributed by atoms with Crippen LogP contribution in [0.15, 0.2) is 48.8 Å². The van der Waals surface area contributed by atoms with Crippen LogP contribution in [-0.4, -0.2) is 10.5 Å². The van der Waals surface area contributed by atoms with Gasteiger partial charge in [-0.25, -0.2) is 0 Å². The summed E-state index contributed by atoms with van der Waals surface area (Å²) in [6.45, 7) is 4.52. The summed E-state index contributed by atoms with van der Waals surface area (Å²) in [6, 6.07) is 12.6. The first-order valence-electron chi connectivity index (χ1n) is 7.00. The average molecular weight is 360 g/mol. The number of aromatic nitrogens is 1. The zero-order chi connectivity index (χ0) is 14.2. The molecule has 1 aliphatic rings. The van der Waals surface area contributed by atoms with Gasteiger partial charge in [-0.05, 0) is 49.6 Å². The van der Waals surface area contributed by atoms with Crippen LogP contribution in [0.2, 0.25) is 5.02 Å². The number of hydrogen-bond acceptors (Lipinski definition) is 2. The molecule has 1 aromatic carbocycles. The van der Waals surface area contributed by atoms with Crippen molar-refractivity contribution in [3.05, 3.63) is 64.9 Å². The summed E-state index contributed by atoms with van der Waals surface area (Å²) in [5.74, 6) is 0.465. The van der Waals surface area contributed by atoms with Crippen molar-refractivity contribution in [2.75, 3.05) is 0 Å². The third kappa shape index (κ3) is 3.75. The summed E-state index contributed by atoms with van der Waals surface area (Å²) >= 11 is 6.34. The molecule has 2 atom stereocenters. The molecule has 120 valence electrons. The molecule has 3 rings (SSSR count). The molecule has 0 saturated carbocycles. The molecule has 2 aromatic rings. The topological polar surface area (TPSA) is 24.9 Å². The maximum atomic E-state index is 6.34. The molecule has 2 nitrogen and oxygen atoms in total. The van der Waals surface area contributed by atoms with Gasteiger partial charge < -0.3 is 5.32 Å². The second-order valence-corrected chi connectivity index (χ2v) is 6.42. The monoisotopic (exact) mass is 358 g/mol. The van der Waals surface area contributed by atoms with Crippen molar-refractivity contribution in [2.45, 2.75) is 37.8 Å². The highest BCUT2D eigenvalue weighted by Gasteiger charge is 2.41. The molecule has 5 heteroatoms. The molecule has 1 aliphatic heterocycles. The summed E-state index contributed by atoms with van der Waals surface area (Å²) in [5.41, 5.74) is 2.58. The van der Waals surface area contributed by atoms with Gasteiger partial charge >= 0.3 is 0 Å². The van der Waals surface area contributed by atoms with Crippen molar-refractivity contribution in [2.24, 2.45) is 0 Å². The molecular weight excluding hydrogens is 339 g/mol. The normalized spacial score (nSPS) is 22.5. The molecule has 1 fully saturated rings. The first kappa shape index (κ1) is 19.2. The Morgan fingerprint density at radius 2 is 1.73 bits per heavy atom. The average Bonchev–Trinajstić information content (AvgIpc) is 2.76. The van der Waals surface area contributed by atoms with Gasteiger partial charge in [0.1, 0.15) is 0 Å². The number of benzene rings is 1. The molecule has 2 heterocycles. The maximum Gasteiger partial charge on any atom is 0.0453 e. The van der Waals surface area contributed by atoms with Gasteiger partial charge in [0.25, 0.3) is 0 Å². The van der Waals surface area contributed by atoms with E-state index in [2.05, 4.69) is 48.4 Å². The number of nitrogens with zero attached hydrogens (tertiary/aromatic N) is 1. The molecular formula is C17H21Cl3N2. The number of rotatable bonds is 2. The third-order valence-electron chi connectivity index (χ3n) is 4.28. The Kier molecular flexibility index (Phi) is 6.69. The van der Waals surface area contributed by atoms with Crippen LogP contribution in [0.3, 0.4) is 0 Å². The molecule has 1 aromatic heterocycles. The van der Waals surface area contributed by atoms with E-state index in [4.69, 9.17) is 11.6 Å². The molecule has 0 bridgehead atoms. The van der Waals surface area contributed by atoms with Gasteiger partial charge in [0.05, 0.1) is 0 Å². The smallest absolute Gasteiger partial charge is 0.0453 e. The zero-order valence-electron chi connectivity index (χ0n) is 12.6.